The summed E-state index contributed by atoms with van der Waals surface area (Å²) >= 11 is 1.80. The van der Waals surface area contributed by atoms with Gasteiger partial charge in [0, 0.05) is 4.88 Å². The number of carbonyl (C=O) groups is 1. The van der Waals surface area contributed by atoms with E-state index in [1.54, 1.807) is 11.3 Å². The van der Waals surface area contributed by atoms with Crippen LogP contribution in [-0.2, 0) is 4.79 Å². The zero-order chi connectivity index (χ0) is 19.5. The molecule has 0 amide bonds. The first kappa shape index (κ1) is 18.9. The molecular formula is C24H25NO2S. The Kier molecular flexibility index (Phi) is 5.60. The second-order valence-electron chi connectivity index (χ2n) is 7.57. The summed E-state index contributed by atoms with van der Waals surface area (Å²) in [6, 6.07) is 21.7. The number of aryl methyl sites for hydroxylation is 1. The Bertz CT molecular complexity index is 925. The van der Waals surface area contributed by atoms with Gasteiger partial charge in [-0.1, -0.05) is 54.6 Å². The molecule has 3 nitrogen and oxygen atoms in total. The summed E-state index contributed by atoms with van der Waals surface area (Å²) in [5.41, 5.74) is 5.00. The van der Waals surface area contributed by atoms with Crippen LogP contribution in [0.5, 0.6) is 0 Å². The second kappa shape index (κ2) is 8.29. The summed E-state index contributed by atoms with van der Waals surface area (Å²) < 4.78 is 0. The number of thiophene rings is 1. The Balaban J connectivity index is 1.62. The molecule has 2 aromatic carbocycles. The largest absolute Gasteiger partial charge is 0.481 e. The van der Waals surface area contributed by atoms with Gasteiger partial charge in [0.15, 0.2) is 0 Å². The number of aliphatic carboxylic acids is 1. The maximum Gasteiger partial charge on any atom is 0.306 e. The van der Waals surface area contributed by atoms with Crippen LogP contribution in [0.4, 0.5) is 0 Å². The van der Waals surface area contributed by atoms with Gasteiger partial charge in [-0.15, -0.1) is 11.3 Å². The number of piperidine rings is 1. The molecule has 1 atom stereocenters. The molecule has 0 aliphatic carbocycles. The summed E-state index contributed by atoms with van der Waals surface area (Å²) in [6.07, 6.45) is 1.44. The van der Waals surface area contributed by atoms with Gasteiger partial charge in [0.25, 0.3) is 0 Å². The smallest absolute Gasteiger partial charge is 0.306 e. The first-order valence-electron chi connectivity index (χ1n) is 9.79. The number of carboxylic acids is 1. The maximum absolute atomic E-state index is 11.3. The maximum atomic E-state index is 11.3. The number of hydrogen-bond donors (Lipinski definition) is 1. The minimum absolute atomic E-state index is 0.193. The van der Waals surface area contributed by atoms with Crippen LogP contribution >= 0.6 is 11.3 Å². The molecule has 1 fully saturated rings. The molecule has 0 bridgehead atoms. The third-order valence-electron chi connectivity index (χ3n) is 5.60. The fourth-order valence-corrected chi connectivity index (χ4v) is 5.10. The van der Waals surface area contributed by atoms with Crippen LogP contribution < -0.4 is 0 Å². The zero-order valence-corrected chi connectivity index (χ0v) is 16.9. The molecule has 4 heteroatoms. The molecule has 1 unspecified atom stereocenters. The molecule has 28 heavy (non-hydrogen) atoms. The van der Waals surface area contributed by atoms with Gasteiger partial charge in [-0.3, -0.25) is 9.69 Å². The van der Waals surface area contributed by atoms with E-state index >= 15 is 0 Å². The van der Waals surface area contributed by atoms with Crippen LogP contribution in [0.3, 0.4) is 0 Å². The first-order valence-corrected chi connectivity index (χ1v) is 10.7. The highest BCUT2D eigenvalue weighted by Gasteiger charge is 2.30. The lowest BCUT2D eigenvalue weighted by Crippen LogP contribution is -2.39. The van der Waals surface area contributed by atoms with Gasteiger partial charge in [-0.25, -0.2) is 0 Å². The Morgan fingerprint density at radius 2 is 1.68 bits per heavy atom. The van der Waals surface area contributed by atoms with Gasteiger partial charge in [-0.2, -0.15) is 0 Å². The van der Waals surface area contributed by atoms with Crippen molar-refractivity contribution < 1.29 is 9.90 Å². The molecule has 1 aliphatic rings. The van der Waals surface area contributed by atoms with E-state index in [2.05, 4.69) is 71.8 Å². The van der Waals surface area contributed by atoms with Gasteiger partial charge in [-0.05, 0) is 66.6 Å². The van der Waals surface area contributed by atoms with Crippen LogP contribution in [-0.4, -0.2) is 29.1 Å². The second-order valence-corrected chi connectivity index (χ2v) is 8.51. The summed E-state index contributed by atoms with van der Waals surface area (Å²) in [4.78, 5) is 15.1. The van der Waals surface area contributed by atoms with E-state index in [1.165, 1.54) is 27.1 Å². The molecule has 1 aliphatic heterocycles. The number of nitrogens with zero attached hydrogens (tertiary/aromatic N) is 1. The van der Waals surface area contributed by atoms with E-state index in [4.69, 9.17) is 0 Å². The fraction of sp³-hybridized carbons (Fsp3) is 0.292. The van der Waals surface area contributed by atoms with Gasteiger partial charge in [0.05, 0.1) is 12.0 Å². The Morgan fingerprint density at radius 1 is 1.04 bits per heavy atom. The topological polar surface area (TPSA) is 40.5 Å². The van der Waals surface area contributed by atoms with Crippen LogP contribution in [0.2, 0.25) is 0 Å². The highest BCUT2D eigenvalue weighted by molar-refractivity contribution is 7.10. The van der Waals surface area contributed by atoms with Gasteiger partial charge in [0.1, 0.15) is 0 Å². The minimum Gasteiger partial charge on any atom is -0.481 e. The predicted molar refractivity (Wildman–Crippen MR) is 115 cm³/mol. The minimum atomic E-state index is -0.657. The van der Waals surface area contributed by atoms with Crippen LogP contribution in [0.1, 0.15) is 34.9 Å². The van der Waals surface area contributed by atoms with Crippen LogP contribution in [0.15, 0.2) is 66.0 Å². The summed E-state index contributed by atoms with van der Waals surface area (Å²) in [6.45, 7) is 3.77. The summed E-state index contributed by atoms with van der Waals surface area (Å²) in [5, 5.41) is 11.5. The quantitative estimate of drug-likeness (QED) is 0.614. The molecule has 2 heterocycles. The van der Waals surface area contributed by atoms with Crippen LogP contribution in [0, 0.1) is 12.8 Å². The van der Waals surface area contributed by atoms with E-state index in [9.17, 15) is 9.90 Å². The van der Waals surface area contributed by atoms with Crippen molar-refractivity contribution in [3.63, 3.8) is 0 Å². The van der Waals surface area contributed by atoms with Gasteiger partial charge >= 0.3 is 5.97 Å². The standard InChI is InChI=1S/C24H25NO2S/c1-17-15-22(28-16-17)23(25-13-11-21(12-14-25)24(26)27)20-9-7-19(8-10-20)18-5-3-2-4-6-18/h2-10,15-16,21,23H,11-14H2,1H3,(H,26,27). The van der Waals surface area contributed by atoms with E-state index < -0.39 is 5.97 Å². The Morgan fingerprint density at radius 3 is 2.25 bits per heavy atom. The summed E-state index contributed by atoms with van der Waals surface area (Å²) in [5.74, 6) is -0.863. The predicted octanol–water partition coefficient (Wildman–Crippen LogP) is 5.61. The molecule has 1 N–H and O–H groups in total. The number of rotatable bonds is 5. The van der Waals surface area contributed by atoms with E-state index in [0.29, 0.717) is 0 Å². The van der Waals surface area contributed by atoms with Crippen molar-refractivity contribution in [1.29, 1.82) is 0 Å². The molecule has 144 valence electrons. The van der Waals surface area contributed by atoms with Crippen molar-refractivity contribution in [2.24, 2.45) is 5.92 Å². The van der Waals surface area contributed by atoms with E-state index in [-0.39, 0.29) is 12.0 Å². The zero-order valence-electron chi connectivity index (χ0n) is 16.0. The van der Waals surface area contributed by atoms with Crippen molar-refractivity contribution >= 4 is 17.3 Å². The SMILES string of the molecule is Cc1csc(C(c2ccc(-c3ccccc3)cc2)N2CCC(C(=O)O)CC2)c1. The monoisotopic (exact) mass is 391 g/mol. The average molecular weight is 392 g/mol. The molecule has 0 saturated carbocycles. The lowest BCUT2D eigenvalue weighted by atomic mass is 9.93. The van der Waals surface area contributed by atoms with Crippen molar-refractivity contribution in [2.75, 3.05) is 13.1 Å². The average Bonchev–Trinajstić information content (AvgIpc) is 3.15. The molecular weight excluding hydrogens is 366 g/mol. The fourth-order valence-electron chi connectivity index (χ4n) is 4.04. The van der Waals surface area contributed by atoms with Gasteiger partial charge < -0.3 is 5.11 Å². The molecule has 0 spiro atoms. The number of benzene rings is 2. The lowest BCUT2D eigenvalue weighted by Gasteiger charge is -2.36. The highest BCUT2D eigenvalue weighted by Crippen LogP contribution is 2.36. The number of likely N-dealkylation sites (tertiary alicyclic amines) is 1. The molecule has 0 radical (unpaired) electrons. The number of hydrogen-bond acceptors (Lipinski definition) is 3. The molecule has 1 aromatic heterocycles. The van der Waals surface area contributed by atoms with E-state index in [0.717, 1.165) is 25.9 Å². The van der Waals surface area contributed by atoms with Crippen molar-refractivity contribution in [2.45, 2.75) is 25.8 Å². The van der Waals surface area contributed by atoms with E-state index in [1.807, 2.05) is 6.07 Å². The lowest BCUT2D eigenvalue weighted by molar-refractivity contribution is -0.143. The summed E-state index contributed by atoms with van der Waals surface area (Å²) in [7, 11) is 0. The molecule has 4 rings (SSSR count). The normalized spacial score (nSPS) is 16.8. The van der Waals surface area contributed by atoms with Crippen molar-refractivity contribution in [3.8, 4) is 11.1 Å². The Hall–Kier alpha value is -2.43. The van der Waals surface area contributed by atoms with Crippen molar-refractivity contribution in [3.05, 3.63) is 82.0 Å². The third kappa shape index (κ3) is 4.03. The van der Waals surface area contributed by atoms with Crippen molar-refractivity contribution in [1.82, 2.24) is 4.90 Å². The highest BCUT2D eigenvalue weighted by atomic mass is 32.1. The molecule has 1 saturated heterocycles. The van der Waals surface area contributed by atoms with Gasteiger partial charge in [0.2, 0.25) is 0 Å². The third-order valence-corrected chi connectivity index (χ3v) is 6.70. The Labute approximate surface area is 170 Å². The molecule has 3 aromatic rings. The first-order chi connectivity index (χ1) is 13.6. The van der Waals surface area contributed by atoms with Crippen LogP contribution in [0.25, 0.3) is 11.1 Å². The number of carboxylic acid groups (broad SMARTS) is 1.